The fourth-order valence-electron chi connectivity index (χ4n) is 3.92. The molecule has 0 spiro atoms. The number of amides is 2. The van der Waals surface area contributed by atoms with Crippen LogP contribution in [0.5, 0.6) is 5.75 Å². The van der Waals surface area contributed by atoms with Gasteiger partial charge in [0, 0.05) is 13.6 Å². The van der Waals surface area contributed by atoms with Gasteiger partial charge in [-0.05, 0) is 35.2 Å². The summed E-state index contributed by atoms with van der Waals surface area (Å²) in [7, 11) is 3.34. The second-order valence-corrected chi connectivity index (χ2v) is 6.61. The molecule has 0 aliphatic carbocycles. The van der Waals surface area contributed by atoms with E-state index in [0.29, 0.717) is 13.0 Å². The second-order valence-electron chi connectivity index (χ2n) is 6.61. The molecule has 5 heteroatoms. The Bertz CT molecular complexity index is 834. The summed E-state index contributed by atoms with van der Waals surface area (Å²) < 4.78 is 5.37. The first-order chi connectivity index (χ1) is 12.1. The summed E-state index contributed by atoms with van der Waals surface area (Å²) in [6.07, 6.45) is 0.676. The number of likely N-dealkylation sites (N-methyl/N-ethyl adjacent to an activating group) is 1. The number of hydrogen-bond acceptors (Lipinski definition) is 3. The van der Waals surface area contributed by atoms with Crippen molar-refractivity contribution in [3.8, 4) is 5.75 Å². The Morgan fingerprint density at radius 2 is 1.76 bits per heavy atom. The zero-order chi connectivity index (χ0) is 17.6. The van der Waals surface area contributed by atoms with Gasteiger partial charge in [-0.15, -0.1) is 0 Å². The molecule has 1 saturated heterocycles. The van der Waals surface area contributed by atoms with Crippen LogP contribution in [0.15, 0.2) is 48.5 Å². The molecule has 2 unspecified atom stereocenters. The van der Waals surface area contributed by atoms with Gasteiger partial charge < -0.3 is 14.5 Å². The molecule has 2 aromatic rings. The summed E-state index contributed by atoms with van der Waals surface area (Å²) in [6, 6.07) is 15.6. The van der Waals surface area contributed by atoms with Gasteiger partial charge in [-0.3, -0.25) is 9.59 Å². The average molecular weight is 336 g/mol. The molecule has 0 bridgehead atoms. The first-order valence-corrected chi connectivity index (χ1v) is 8.39. The molecule has 2 aliphatic rings. The van der Waals surface area contributed by atoms with E-state index in [0.717, 1.165) is 16.9 Å². The van der Waals surface area contributed by atoms with Crippen molar-refractivity contribution in [3.05, 3.63) is 65.2 Å². The van der Waals surface area contributed by atoms with Crippen molar-refractivity contribution in [1.29, 1.82) is 0 Å². The van der Waals surface area contributed by atoms with E-state index < -0.39 is 11.8 Å². The van der Waals surface area contributed by atoms with Gasteiger partial charge in [0.1, 0.15) is 5.75 Å². The van der Waals surface area contributed by atoms with Gasteiger partial charge in [-0.1, -0.05) is 36.4 Å². The van der Waals surface area contributed by atoms with Gasteiger partial charge in [0.25, 0.3) is 0 Å². The van der Waals surface area contributed by atoms with Crippen LogP contribution in [0.4, 0.5) is 0 Å². The zero-order valence-electron chi connectivity index (χ0n) is 14.3. The lowest BCUT2D eigenvalue weighted by molar-refractivity contribution is -0.161. The Morgan fingerprint density at radius 1 is 1.00 bits per heavy atom. The van der Waals surface area contributed by atoms with E-state index in [-0.39, 0.29) is 12.1 Å². The summed E-state index contributed by atoms with van der Waals surface area (Å²) in [5, 5.41) is 0. The normalized spacial score (nSPS) is 22.5. The minimum atomic E-state index is -0.436. The number of ether oxygens (including phenoxy) is 1. The third-order valence-electron chi connectivity index (χ3n) is 5.19. The first-order valence-electron chi connectivity index (χ1n) is 8.39. The molecule has 2 aliphatic heterocycles. The van der Waals surface area contributed by atoms with Crippen LogP contribution in [0.1, 0.15) is 28.8 Å². The van der Waals surface area contributed by atoms with Gasteiger partial charge >= 0.3 is 11.8 Å². The highest BCUT2D eigenvalue weighted by Crippen LogP contribution is 2.43. The maximum absolute atomic E-state index is 12.8. The monoisotopic (exact) mass is 336 g/mol. The number of benzene rings is 2. The quantitative estimate of drug-likeness (QED) is 0.791. The molecule has 0 radical (unpaired) electrons. The Hall–Kier alpha value is -2.82. The van der Waals surface area contributed by atoms with Gasteiger partial charge in [-0.25, -0.2) is 0 Å². The maximum atomic E-state index is 12.8. The zero-order valence-corrected chi connectivity index (χ0v) is 14.3. The molecule has 0 aromatic heterocycles. The van der Waals surface area contributed by atoms with Crippen LogP contribution in [0.3, 0.4) is 0 Å². The Labute approximate surface area is 146 Å². The first kappa shape index (κ1) is 15.7. The largest absolute Gasteiger partial charge is 0.497 e. The molecule has 2 heterocycles. The van der Waals surface area contributed by atoms with Gasteiger partial charge in [0.05, 0.1) is 19.2 Å². The minimum absolute atomic E-state index is 0.130. The summed E-state index contributed by atoms with van der Waals surface area (Å²) in [4.78, 5) is 28.4. The van der Waals surface area contributed by atoms with Gasteiger partial charge in [0.2, 0.25) is 0 Å². The third kappa shape index (κ3) is 2.47. The van der Waals surface area contributed by atoms with E-state index in [2.05, 4.69) is 0 Å². The molecule has 4 rings (SSSR count). The number of fused-ring (bicyclic) bond motifs is 3. The highest BCUT2D eigenvalue weighted by Gasteiger charge is 2.45. The molecule has 25 heavy (non-hydrogen) atoms. The fraction of sp³-hybridized carbons (Fsp3) is 0.300. The van der Waals surface area contributed by atoms with Crippen LogP contribution in [-0.2, 0) is 16.0 Å². The topological polar surface area (TPSA) is 49.9 Å². The van der Waals surface area contributed by atoms with Crippen LogP contribution < -0.4 is 4.74 Å². The SMILES string of the molecule is COc1ccc2c(c1)CC(c1ccccc1)N1C(=O)C(=O)N(C)CC21. The smallest absolute Gasteiger partial charge is 0.313 e. The molecule has 1 fully saturated rings. The predicted molar refractivity (Wildman–Crippen MR) is 93.1 cm³/mol. The third-order valence-corrected chi connectivity index (χ3v) is 5.19. The van der Waals surface area contributed by atoms with Crippen LogP contribution in [0.25, 0.3) is 0 Å². The molecule has 2 atom stereocenters. The van der Waals surface area contributed by atoms with Crippen molar-refractivity contribution in [2.75, 3.05) is 20.7 Å². The standard InChI is InChI=1S/C20H20N2O3/c1-21-12-18-16-9-8-15(25-2)10-14(16)11-17(13-6-4-3-5-7-13)22(18)20(24)19(21)23/h3-10,17-18H,11-12H2,1-2H3. The molecule has 128 valence electrons. The molecule has 2 aromatic carbocycles. The fourth-order valence-corrected chi connectivity index (χ4v) is 3.92. The van der Waals surface area contributed by atoms with Crippen LogP contribution in [-0.4, -0.2) is 42.3 Å². The summed E-state index contributed by atoms with van der Waals surface area (Å²) >= 11 is 0. The lowest BCUT2D eigenvalue weighted by Crippen LogP contribution is -2.57. The molecule has 2 amide bonds. The van der Waals surface area contributed by atoms with Crippen LogP contribution in [0.2, 0.25) is 0 Å². The summed E-state index contributed by atoms with van der Waals surface area (Å²) in [5.74, 6) is -0.0474. The van der Waals surface area contributed by atoms with Crippen molar-refractivity contribution in [2.45, 2.75) is 18.5 Å². The summed E-state index contributed by atoms with van der Waals surface area (Å²) in [6.45, 7) is 0.507. The van der Waals surface area contributed by atoms with E-state index in [1.807, 2.05) is 48.5 Å². The Balaban J connectivity index is 1.85. The summed E-state index contributed by atoms with van der Waals surface area (Å²) in [5.41, 5.74) is 3.32. The lowest BCUT2D eigenvalue weighted by Gasteiger charge is -2.47. The maximum Gasteiger partial charge on any atom is 0.313 e. The van der Waals surface area contributed by atoms with E-state index in [9.17, 15) is 9.59 Å². The van der Waals surface area contributed by atoms with Crippen molar-refractivity contribution in [2.24, 2.45) is 0 Å². The van der Waals surface area contributed by atoms with Crippen LogP contribution in [0, 0.1) is 0 Å². The van der Waals surface area contributed by atoms with Gasteiger partial charge in [-0.2, -0.15) is 0 Å². The van der Waals surface area contributed by atoms with E-state index >= 15 is 0 Å². The number of methoxy groups -OCH3 is 1. The Morgan fingerprint density at radius 3 is 2.48 bits per heavy atom. The number of rotatable bonds is 2. The van der Waals surface area contributed by atoms with E-state index in [1.165, 1.54) is 10.5 Å². The predicted octanol–water partition coefficient (Wildman–Crippen LogP) is 2.33. The van der Waals surface area contributed by atoms with Crippen molar-refractivity contribution < 1.29 is 14.3 Å². The number of hydrogen-bond donors (Lipinski definition) is 0. The van der Waals surface area contributed by atoms with Crippen molar-refractivity contribution in [1.82, 2.24) is 9.80 Å². The Kier molecular flexibility index (Phi) is 3.71. The average Bonchev–Trinajstić information content (AvgIpc) is 2.65. The number of nitrogens with zero attached hydrogens (tertiary/aromatic N) is 2. The van der Waals surface area contributed by atoms with Crippen LogP contribution >= 0.6 is 0 Å². The highest BCUT2D eigenvalue weighted by molar-refractivity contribution is 6.35. The van der Waals surface area contributed by atoms with E-state index in [4.69, 9.17) is 4.74 Å². The lowest BCUT2D eigenvalue weighted by atomic mass is 9.83. The van der Waals surface area contributed by atoms with E-state index in [1.54, 1.807) is 19.1 Å². The van der Waals surface area contributed by atoms with Gasteiger partial charge in [0.15, 0.2) is 0 Å². The van der Waals surface area contributed by atoms with Crippen molar-refractivity contribution in [3.63, 3.8) is 0 Å². The number of carbonyl (C=O) groups excluding carboxylic acids is 2. The molecule has 0 N–H and O–H groups in total. The molecule has 0 saturated carbocycles. The molecular weight excluding hydrogens is 316 g/mol. The molecular formula is C20H20N2O3. The van der Waals surface area contributed by atoms with Crippen molar-refractivity contribution >= 4 is 11.8 Å². The number of piperazine rings is 1. The molecule has 5 nitrogen and oxygen atoms in total. The minimum Gasteiger partial charge on any atom is -0.497 e. The second kappa shape index (κ2) is 5.92. The number of carbonyl (C=O) groups is 2. The highest BCUT2D eigenvalue weighted by atomic mass is 16.5.